The van der Waals surface area contributed by atoms with Gasteiger partial charge in [-0.3, -0.25) is 0 Å². The Morgan fingerprint density at radius 2 is 2.08 bits per heavy atom. The highest BCUT2D eigenvalue weighted by atomic mass is 15.1. The van der Waals surface area contributed by atoms with Crippen molar-refractivity contribution >= 4 is 0 Å². The van der Waals surface area contributed by atoms with E-state index in [0.29, 0.717) is 5.92 Å². The zero-order valence-electron chi connectivity index (χ0n) is 8.06. The van der Waals surface area contributed by atoms with Crippen molar-refractivity contribution in [3.05, 3.63) is 0 Å². The third-order valence-electron chi connectivity index (χ3n) is 2.29. The average Bonchev–Trinajstić information content (AvgIpc) is 2.09. The van der Waals surface area contributed by atoms with Crippen LogP contribution in [0.25, 0.3) is 0 Å². The van der Waals surface area contributed by atoms with Crippen LogP contribution in [-0.4, -0.2) is 38.6 Å². The fraction of sp³-hybridized carbons (Fsp3) is 0.800. The van der Waals surface area contributed by atoms with Gasteiger partial charge < -0.3 is 10.2 Å². The van der Waals surface area contributed by atoms with Crippen LogP contribution in [-0.2, 0) is 0 Å². The molecule has 1 fully saturated rings. The third-order valence-corrected chi connectivity index (χ3v) is 2.29. The molecule has 0 unspecified atom stereocenters. The lowest BCUT2D eigenvalue weighted by Gasteiger charge is -2.25. The Morgan fingerprint density at radius 3 is 2.67 bits per heavy atom. The largest absolute Gasteiger partial charge is 0.309 e. The number of rotatable bonds is 1. The van der Waals surface area contributed by atoms with Crippen molar-refractivity contribution < 1.29 is 0 Å². The van der Waals surface area contributed by atoms with Crippen LogP contribution in [0.4, 0.5) is 0 Å². The topological polar surface area (TPSA) is 15.3 Å². The smallest absolute Gasteiger partial charge is 0.0574 e. The van der Waals surface area contributed by atoms with Crippen molar-refractivity contribution in [1.29, 1.82) is 0 Å². The fourth-order valence-corrected chi connectivity index (χ4v) is 1.44. The van der Waals surface area contributed by atoms with Crippen molar-refractivity contribution in [2.45, 2.75) is 12.8 Å². The molecular weight excluding hydrogens is 148 g/mol. The molecule has 1 N–H and O–H groups in total. The molecule has 1 aliphatic rings. The predicted molar refractivity (Wildman–Crippen MR) is 51.9 cm³/mol. The molecule has 0 saturated carbocycles. The van der Waals surface area contributed by atoms with Crippen LogP contribution in [0.5, 0.6) is 0 Å². The number of likely N-dealkylation sites (tertiary alicyclic amines) is 1. The van der Waals surface area contributed by atoms with E-state index in [-0.39, 0.29) is 0 Å². The second kappa shape index (κ2) is 5.18. The molecule has 0 aromatic carbocycles. The van der Waals surface area contributed by atoms with E-state index < -0.39 is 0 Å². The highest BCUT2D eigenvalue weighted by Crippen LogP contribution is 2.14. The van der Waals surface area contributed by atoms with Gasteiger partial charge in [0.25, 0.3) is 0 Å². The number of hydrogen-bond acceptors (Lipinski definition) is 2. The molecule has 1 rings (SSSR count). The molecule has 0 atom stereocenters. The maximum Gasteiger partial charge on any atom is 0.0574 e. The molecule has 0 amide bonds. The summed E-state index contributed by atoms with van der Waals surface area (Å²) in [5.74, 6) is 7.09. The van der Waals surface area contributed by atoms with Gasteiger partial charge in [-0.2, -0.15) is 0 Å². The van der Waals surface area contributed by atoms with Crippen molar-refractivity contribution in [1.82, 2.24) is 10.2 Å². The molecule has 1 saturated heterocycles. The Morgan fingerprint density at radius 1 is 1.42 bits per heavy atom. The third kappa shape index (κ3) is 3.25. The summed E-state index contributed by atoms with van der Waals surface area (Å²) in [5.41, 5.74) is 0. The molecule has 12 heavy (non-hydrogen) atoms. The van der Waals surface area contributed by atoms with Crippen molar-refractivity contribution in [3.8, 4) is 11.8 Å². The summed E-state index contributed by atoms with van der Waals surface area (Å²) >= 11 is 0. The summed E-state index contributed by atoms with van der Waals surface area (Å²) in [4.78, 5) is 2.37. The van der Waals surface area contributed by atoms with Gasteiger partial charge in [-0.1, -0.05) is 11.8 Å². The SMILES string of the molecule is CNCC#CC1CCN(C)CC1. The summed E-state index contributed by atoms with van der Waals surface area (Å²) in [5, 5.41) is 3.03. The molecule has 2 heteroatoms. The van der Waals surface area contributed by atoms with Gasteiger partial charge in [-0.25, -0.2) is 0 Å². The van der Waals surface area contributed by atoms with Gasteiger partial charge in [0.1, 0.15) is 0 Å². The van der Waals surface area contributed by atoms with E-state index in [2.05, 4.69) is 29.1 Å². The van der Waals surface area contributed by atoms with Crippen LogP contribution in [0.2, 0.25) is 0 Å². The van der Waals surface area contributed by atoms with E-state index in [1.807, 2.05) is 7.05 Å². The van der Waals surface area contributed by atoms with E-state index in [9.17, 15) is 0 Å². The Bertz CT molecular complexity index is 170. The summed E-state index contributed by atoms with van der Waals surface area (Å²) in [7, 11) is 4.11. The first-order valence-electron chi connectivity index (χ1n) is 4.64. The van der Waals surface area contributed by atoms with Gasteiger partial charge in [-0.05, 0) is 40.0 Å². The molecule has 0 spiro atoms. The number of hydrogen-bond donors (Lipinski definition) is 1. The van der Waals surface area contributed by atoms with Gasteiger partial charge in [0.05, 0.1) is 6.54 Å². The van der Waals surface area contributed by atoms with Crippen molar-refractivity contribution in [3.63, 3.8) is 0 Å². The zero-order valence-corrected chi connectivity index (χ0v) is 8.06. The number of nitrogens with zero attached hydrogens (tertiary/aromatic N) is 1. The standard InChI is InChI=1S/C10H18N2/c1-11-7-3-4-10-5-8-12(2)9-6-10/h10-11H,5-9H2,1-2H3. The minimum absolute atomic E-state index is 0.648. The zero-order chi connectivity index (χ0) is 8.81. The first-order chi connectivity index (χ1) is 5.83. The lowest BCUT2D eigenvalue weighted by Crippen LogP contribution is -2.29. The average molecular weight is 166 g/mol. The summed E-state index contributed by atoms with van der Waals surface area (Å²) < 4.78 is 0. The highest BCUT2D eigenvalue weighted by Gasteiger charge is 2.13. The first kappa shape index (κ1) is 9.57. The van der Waals surface area contributed by atoms with E-state index in [1.54, 1.807) is 0 Å². The Labute approximate surface area is 75.3 Å². The molecular formula is C10H18N2. The van der Waals surface area contributed by atoms with Crippen LogP contribution >= 0.6 is 0 Å². The Hall–Kier alpha value is -0.520. The van der Waals surface area contributed by atoms with Crippen LogP contribution in [0, 0.1) is 17.8 Å². The molecule has 0 aliphatic carbocycles. The van der Waals surface area contributed by atoms with Gasteiger partial charge in [0, 0.05) is 5.92 Å². The molecule has 0 bridgehead atoms. The Kier molecular flexibility index (Phi) is 4.13. The van der Waals surface area contributed by atoms with Gasteiger partial charge >= 0.3 is 0 Å². The summed E-state index contributed by atoms with van der Waals surface area (Å²) in [6, 6.07) is 0. The molecule has 0 aromatic heterocycles. The lowest BCUT2D eigenvalue weighted by molar-refractivity contribution is 0.248. The van der Waals surface area contributed by atoms with E-state index >= 15 is 0 Å². The quantitative estimate of drug-likeness (QED) is 0.572. The molecule has 2 nitrogen and oxygen atoms in total. The maximum atomic E-state index is 3.30. The predicted octanol–water partition coefficient (Wildman–Crippen LogP) is 0.551. The molecule has 1 heterocycles. The minimum Gasteiger partial charge on any atom is -0.309 e. The second-order valence-corrected chi connectivity index (χ2v) is 3.43. The molecule has 0 radical (unpaired) electrons. The first-order valence-corrected chi connectivity index (χ1v) is 4.64. The van der Waals surface area contributed by atoms with Crippen molar-refractivity contribution in [2.24, 2.45) is 5.92 Å². The van der Waals surface area contributed by atoms with Crippen molar-refractivity contribution in [2.75, 3.05) is 33.7 Å². The van der Waals surface area contributed by atoms with Gasteiger partial charge in [0.2, 0.25) is 0 Å². The van der Waals surface area contributed by atoms with Crippen LogP contribution < -0.4 is 5.32 Å². The minimum atomic E-state index is 0.648. The van der Waals surface area contributed by atoms with E-state index in [0.717, 1.165) is 6.54 Å². The van der Waals surface area contributed by atoms with Crippen LogP contribution in [0.1, 0.15) is 12.8 Å². The second-order valence-electron chi connectivity index (χ2n) is 3.43. The number of piperidine rings is 1. The normalized spacial score (nSPS) is 20.2. The van der Waals surface area contributed by atoms with Crippen LogP contribution in [0.15, 0.2) is 0 Å². The fourth-order valence-electron chi connectivity index (χ4n) is 1.44. The monoisotopic (exact) mass is 166 g/mol. The molecule has 68 valence electrons. The lowest BCUT2D eigenvalue weighted by atomic mass is 9.98. The van der Waals surface area contributed by atoms with Gasteiger partial charge in [-0.15, -0.1) is 0 Å². The molecule has 0 aromatic rings. The summed E-state index contributed by atoms with van der Waals surface area (Å²) in [6.07, 6.45) is 2.49. The van der Waals surface area contributed by atoms with E-state index in [4.69, 9.17) is 0 Å². The van der Waals surface area contributed by atoms with Gasteiger partial charge in [0.15, 0.2) is 0 Å². The number of nitrogens with one attached hydrogen (secondary N) is 1. The van der Waals surface area contributed by atoms with Crippen LogP contribution in [0.3, 0.4) is 0 Å². The highest BCUT2D eigenvalue weighted by molar-refractivity contribution is 5.06. The Balaban J connectivity index is 2.22. The maximum absolute atomic E-state index is 3.30. The van der Waals surface area contributed by atoms with E-state index in [1.165, 1.54) is 25.9 Å². The summed E-state index contributed by atoms with van der Waals surface area (Å²) in [6.45, 7) is 3.24. The molecule has 1 aliphatic heterocycles.